The molecule has 1 heterocycles. The Bertz CT molecular complexity index is 433. The Hall–Kier alpha value is -0.940. The number of nitrogens with zero attached hydrogens (tertiary/aromatic N) is 1. The minimum Gasteiger partial charge on any atom is -0.468 e. The van der Waals surface area contributed by atoms with Gasteiger partial charge in [-0.3, -0.25) is 10.3 Å². The quantitative estimate of drug-likeness (QED) is 0.864. The Labute approximate surface area is 122 Å². The van der Waals surface area contributed by atoms with E-state index in [4.69, 9.17) is 4.74 Å². The highest BCUT2D eigenvalue weighted by molar-refractivity contribution is 9.10. The topological polar surface area (TPSA) is 51.2 Å². The summed E-state index contributed by atoms with van der Waals surface area (Å²) >= 11 is 3.38. The van der Waals surface area contributed by atoms with Gasteiger partial charge >= 0.3 is 5.97 Å². The fourth-order valence-electron chi connectivity index (χ4n) is 2.51. The molecule has 0 bridgehead atoms. The smallest absolute Gasteiger partial charge is 0.327 e. The van der Waals surface area contributed by atoms with Crippen LogP contribution in [0, 0.1) is 0 Å². The van der Waals surface area contributed by atoms with Crippen LogP contribution < -0.4 is 5.32 Å². The second kappa shape index (κ2) is 7.01. The van der Waals surface area contributed by atoms with Crippen molar-refractivity contribution in [2.45, 2.75) is 44.2 Å². The van der Waals surface area contributed by atoms with E-state index in [1.807, 2.05) is 6.07 Å². The lowest BCUT2D eigenvalue weighted by Crippen LogP contribution is -2.38. The molecule has 0 spiro atoms. The first-order chi connectivity index (χ1) is 9.20. The number of carbonyl (C=O) groups excluding carboxylic acids is 1. The average Bonchev–Trinajstić information content (AvgIpc) is 2.45. The summed E-state index contributed by atoms with van der Waals surface area (Å²) in [7, 11) is 1.42. The number of ether oxygens (including phenoxy) is 1. The van der Waals surface area contributed by atoms with Crippen molar-refractivity contribution in [2.75, 3.05) is 7.11 Å². The lowest BCUT2D eigenvalue weighted by molar-refractivity contribution is -0.143. The minimum atomic E-state index is -0.432. The molecule has 1 saturated carbocycles. The highest BCUT2D eigenvalue weighted by Gasteiger charge is 2.26. The Kier molecular flexibility index (Phi) is 5.34. The monoisotopic (exact) mass is 326 g/mol. The van der Waals surface area contributed by atoms with Gasteiger partial charge in [-0.1, -0.05) is 19.3 Å². The molecule has 1 aliphatic carbocycles. The van der Waals surface area contributed by atoms with Crippen molar-refractivity contribution in [3.8, 4) is 0 Å². The van der Waals surface area contributed by atoms with E-state index in [1.54, 1.807) is 12.4 Å². The first-order valence-corrected chi connectivity index (χ1v) is 7.44. The van der Waals surface area contributed by atoms with Gasteiger partial charge in [-0.25, -0.2) is 4.79 Å². The molecule has 1 atom stereocenters. The van der Waals surface area contributed by atoms with Crippen molar-refractivity contribution in [3.63, 3.8) is 0 Å². The second-order valence-electron chi connectivity index (χ2n) is 4.89. The summed E-state index contributed by atoms with van der Waals surface area (Å²) in [6, 6.07) is 1.86. The van der Waals surface area contributed by atoms with E-state index in [-0.39, 0.29) is 5.97 Å². The van der Waals surface area contributed by atoms with Crippen LogP contribution in [0.3, 0.4) is 0 Å². The molecule has 1 unspecified atom stereocenters. The Morgan fingerprint density at radius 1 is 1.42 bits per heavy atom. The van der Waals surface area contributed by atoms with Crippen LogP contribution in [-0.2, 0) is 9.53 Å². The Balaban J connectivity index is 2.13. The van der Waals surface area contributed by atoms with Gasteiger partial charge in [0.15, 0.2) is 0 Å². The number of rotatable bonds is 4. The number of pyridine rings is 1. The number of methoxy groups -OCH3 is 1. The molecule has 0 radical (unpaired) electrons. The molecule has 1 N–H and O–H groups in total. The zero-order valence-electron chi connectivity index (χ0n) is 11.1. The van der Waals surface area contributed by atoms with Crippen LogP contribution in [0.5, 0.6) is 0 Å². The molecule has 0 amide bonds. The van der Waals surface area contributed by atoms with E-state index >= 15 is 0 Å². The average molecular weight is 327 g/mol. The first-order valence-electron chi connectivity index (χ1n) is 6.65. The summed E-state index contributed by atoms with van der Waals surface area (Å²) in [5, 5.41) is 3.41. The van der Waals surface area contributed by atoms with Crippen LogP contribution in [0.2, 0.25) is 0 Å². The third-order valence-electron chi connectivity index (χ3n) is 3.50. The van der Waals surface area contributed by atoms with Gasteiger partial charge in [-0.15, -0.1) is 0 Å². The molecule has 4 nitrogen and oxygen atoms in total. The van der Waals surface area contributed by atoms with Gasteiger partial charge in [0.2, 0.25) is 0 Å². The fourth-order valence-corrected chi connectivity index (χ4v) is 2.89. The maximum Gasteiger partial charge on any atom is 0.327 e. The third kappa shape index (κ3) is 4.01. The van der Waals surface area contributed by atoms with E-state index < -0.39 is 6.04 Å². The zero-order valence-corrected chi connectivity index (χ0v) is 12.6. The molecule has 5 heteroatoms. The zero-order chi connectivity index (χ0) is 13.7. The summed E-state index contributed by atoms with van der Waals surface area (Å²) in [4.78, 5) is 16.1. The van der Waals surface area contributed by atoms with Crippen LogP contribution >= 0.6 is 15.9 Å². The molecule has 1 fully saturated rings. The Morgan fingerprint density at radius 3 is 2.79 bits per heavy atom. The molecule has 1 aromatic heterocycles. The van der Waals surface area contributed by atoms with E-state index in [2.05, 4.69) is 26.2 Å². The standard InChI is InChI=1S/C14H19BrN2O2/c1-19-14(18)13(10-7-11(15)9-16-8-10)17-12-5-3-2-4-6-12/h7-9,12-13,17H,2-6H2,1H3. The van der Waals surface area contributed by atoms with Crippen LogP contribution in [0.15, 0.2) is 22.9 Å². The van der Waals surface area contributed by atoms with Gasteiger partial charge in [0.05, 0.1) is 7.11 Å². The van der Waals surface area contributed by atoms with E-state index in [0.717, 1.165) is 22.9 Å². The number of aromatic nitrogens is 1. The molecule has 19 heavy (non-hydrogen) atoms. The van der Waals surface area contributed by atoms with Crippen molar-refractivity contribution in [1.29, 1.82) is 0 Å². The van der Waals surface area contributed by atoms with Gasteiger partial charge in [-0.05, 0) is 40.4 Å². The van der Waals surface area contributed by atoms with Gasteiger partial charge in [0.25, 0.3) is 0 Å². The van der Waals surface area contributed by atoms with Crippen molar-refractivity contribution in [3.05, 3.63) is 28.5 Å². The largest absolute Gasteiger partial charge is 0.468 e. The minimum absolute atomic E-state index is 0.259. The van der Waals surface area contributed by atoms with Crippen molar-refractivity contribution in [1.82, 2.24) is 10.3 Å². The number of hydrogen-bond acceptors (Lipinski definition) is 4. The van der Waals surface area contributed by atoms with Crippen LogP contribution in [0.25, 0.3) is 0 Å². The van der Waals surface area contributed by atoms with Gasteiger partial charge < -0.3 is 4.74 Å². The molecule has 1 aliphatic rings. The fraction of sp³-hybridized carbons (Fsp3) is 0.571. The lowest BCUT2D eigenvalue weighted by atomic mass is 9.94. The van der Waals surface area contributed by atoms with E-state index in [1.165, 1.54) is 26.4 Å². The van der Waals surface area contributed by atoms with Gasteiger partial charge in [0, 0.05) is 22.9 Å². The molecule has 2 rings (SSSR count). The van der Waals surface area contributed by atoms with Crippen LogP contribution in [-0.4, -0.2) is 24.1 Å². The normalized spacial score (nSPS) is 18.0. The molecule has 104 valence electrons. The molecular formula is C14H19BrN2O2. The summed E-state index contributed by atoms with van der Waals surface area (Å²) < 4.78 is 5.77. The summed E-state index contributed by atoms with van der Waals surface area (Å²) in [6.45, 7) is 0. The van der Waals surface area contributed by atoms with Crippen molar-refractivity contribution >= 4 is 21.9 Å². The molecule has 0 aromatic carbocycles. The highest BCUT2D eigenvalue weighted by atomic mass is 79.9. The van der Waals surface area contributed by atoms with Crippen molar-refractivity contribution < 1.29 is 9.53 Å². The van der Waals surface area contributed by atoms with E-state index in [9.17, 15) is 4.79 Å². The number of hydrogen-bond donors (Lipinski definition) is 1. The number of halogens is 1. The molecule has 0 aliphatic heterocycles. The van der Waals surface area contributed by atoms with Crippen molar-refractivity contribution in [2.24, 2.45) is 0 Å². The molecular weight excluding hydrogens is 308 g/mol. The third-order valence-corrected chi connectivity index (χ3v) is 3.94. The number of esters is 1. The van der Waals surface area contributed by atoms with Gasteiger partial charge in [0.1, 0.15) is 6.04 Å². The number of nitrogens with one attached hydrogen (secondary N) is 1. The van der Waals surface area contributed by atoms with Gasteiger partial charge in [-0.2, -0.15) is 0 Å². The Morgan fingerprint density at radius 2 is 2.16 bits per heavy atom. The lowest BCUT2D eigenvalue weighted by Gasteiger charge is -2.27. The van der Waals surface area contributed by atoms with Crippen LogP contribution in [0.1, 0.15) is 43.7 Å². The highest BCUT2D eigenvalue weighted by Crippen LogP contribution is 2.23. The first kappa shape index (κ1) is 14.5. The maximum absolute atomic E-state index is 12.0. The summed E-state index contributed by atoms with van der Waals surface area (Å²) in [5.41, 5.74) is 0.840. The predicted molar refractivity (Wildman–Crippen MR) is 76.7 cm³/mol. The summed E-state index contributed by atoms with van der Waals surface area (Å²) in [5.74, 6) is -0.259. The van der Waals surface area contributed by atoms with Crippen LogP contribution in [0.4, 0.5) is 0 Å². The second-order valence-corrected chi connectivity index (χ2v) is 5.81. The van der Waals surface area contributed by atoms with E-state index in [0.29, 0.717) is 6.04 Å². The SMILES string of the molecule is COC(=O)C(NC1CCCCC1)c1cncc(Br)c1. The molecule has 0 saturated heterocycles. The summed E-state index contributed by atoms with van der Waals surface area (Å²) in [6.07, 6.45) is 9.40. The number of carbonyl (C=O) groups is 1. The maximum atomic E-state index is 12.0. The molecule has 1 aromatic rings. The predicted octanol–water partition coefficient (Wildman–Crippen LogP) is 2.98.